The van der Waals surface area contributed by atoms with Crippen LogP contribution in [0.4, 0.5) is 11.4 Å². The molecule has 11 heavy (non-hydrogen) atoms. The van der Waals surface area contributed by atoms with Gasteiger partial charge in [0.1, 0.15) is 0 Å². The van der Waals surface area contributed by atoms with E-state index in [-0.39, 0.29) is 0 Å². The maximum absolute atomic E-state index is 10.2. The van der Waals surface area contributed by atoms with Crippen LogP contribution in [0.5, 0.6) is 0 Å². The first kappa shape index (κ1) is 7.56. The van der Waals surface area contributed by atoms with Crippen LogP contribution in [0.25, 0.3) is 0 Å². The molecule has 1 aromatic rings. The van der Waals surface area contributed by atoms with Gasteiger partial charge < -0.3 is 5.73 Å². The van der Waals surface area contributed by atoms with Crippen molar-refractivity contribution < 1.29 is 4.79 Å². The number of hydrogen-bond donors (Lipinski definition) is 2. The number of nitrogens with zero attached hydrogens (tertiary/aromatic N) is 1. The van der Waals surface area contributed by atoms with Crippen molar-refractivity contribution in [3.63, 3.8) is 0 Å². The van der Waals surface area contributed by atoms with Gasteiger partial charge in [-0.3, -0.25) is 4.79 Å². The van der Waals surface area contributed by atoms with E-state index in [0.29, 0.717) is 17.8 Å². The number of carbonyl (C=O) groups is 1. The number of nitrogen functional groups attached to an aromatic ring is 1. The number of rotatable bonds is 2. The first-order valence-corrected chi connectivity index (χ1v) is 3.09. The fourth-order valence-corrected chi connectivity index (χ4v) is 0.779. The third-order valence-electron chi connectivity index (χ3n) is 1.33. The lowest BCUT2D eigenvalue weighted by Gasteiger charge is -2.11. The first-order chi connectivity index (χ1) is 5.25. The summed E-state index contributed by atoms with van der Waals surface area (Å²) in [6.07, 6.45) is 0.506. The Morgan fingerprint density at radius 1 is 1.36 bits per heavy atom. The summed E-state index contributed by atoms with van der Waals surface area (Å²) in [5, 5.41) is 0.940. The van der Waals surface area contributed by atoms with Crippen molar-refractivity contribution in [2.75, 3.05) is 10.7 Å². The maximum atomic E-state index is 10.2. The van der Waals surface area contributed by atoms with Crippen LogP contribution in [0.3, 0.4) is 0 Å². The number of para-hydroxylation sites is 2. The van der Waals surface area contributed by atoms with E-state index in [1.807, 2.05) is 0 Å². The molecule has 0 aromatic heterocycles. The van der Waals surface area contributed by atoms with E-state index in [4.69, 9.17) is 11.6 Å². The minimum atomic E-state index is 0.488. The second kappa shape index (κ2) is 3.03. The fraction of sp³-hybridized carbons (Fsp3) is 0. The second-order valence-corrected chi connectivity index (χ2v) is 2.07. The van der Waals surface area contributed by atoms with E-state index in [1.54, 1.807) is 24.3 Å². The molecule has 0 saturated heterocycles. The molecule has 0 aliphatic carbocycles. The Kier molecular flexibility index (Phi) is 2.08. The van der Waals surface area contributed by atoms with Crippen LogP contribution in [-0.2, 0) is 4.79 Å². The third kappa shape index (κ3) is 1.47. The number of anilines is 2. The standard InChI is InChI=1S/C7H9N3O/c8-6-3-1-2-4-7(6)10(9)5-11/h1-5H,8-9H2. The van der Waals surface area contributed by atoms with Gasteiger partial charge in [0, 0.05) is 0 Å². The highest BCUT2D eigenvalue weighted by molar-refractivity contribution is 5.80. The van der Waals surface area contributed by atoms with Crippen molar-refractivity contribution in [1.29, 1.82) is 0 Å². The van der Waals surface area contributed by atoms with E-state index in [1.165, 1.54) is 0 Å². The molecule has 1 aromatic carbocycles. The number of hydrogen-bond acceptors (Lipinski definition) is 3. The maximum Gasteiger partial charge on any atom is 0.228 e. The lowest BCUT2D eigenvalue weighted by molar-refractivity contribution is -0.107. The van der Waals surface area contributed by atoms with Gasteiger partial charge in [-0.25, -0.2) is 10.9 Å². The summed E-state index contributed by atoms with van der Waals surface area (Å²) in [6.45, 7) is 0. The van der Waals surface area contributed by atoms with E-state index in [2.05, 4.69) is 0 Å². The minimum Gasteiger partial charge on any atom is -0.397 e. The van der Waals surface area contributed by atoms with E-state index >= 15 is 0 Å². The zero-order valence-electron chi connectivity index (χ0n) is 5.90. The van der Waals surface area contributed by atoms with E-state index in [0.717, 1.165) is 5.01 Å². The molecule has 4 heteroatoms. The number of carbonyl (C=O) groups excluding carboxylic acids is 1. The second-order valence-electron chi connectivity index (χ2n) is 2.07. The minimum absolute atomic E-state index is 0.488. The molecular formula is C7H9N3O. The van der Waals surface area contributed by atoms with Gasteiger partial charge in [-0.05, 0) is 12.1 Å². The largest absolute Gasteiger partial charge is 0.397 e. The van der Waals surface area contributed by atoms with Crippen molar-refractivity contribution in [3.05, 3.63) is 24.3 Å². The van der Waals surface area contributed by atoms with Crippen LogP contribution in [0, 0.1) is 0 Å². The van der Waals surface area contributed by atoms with Crippen molar-refractivity contribution >= 4 is 17.8 Å². The van der Waals surface area contributed by atoms with Crippen molar-refractivity contribution in [2.24, 2.45) is 5.84 Å². The Hall–Kier alpha value is -1.55. The molecule has 4 N–H and O–H groups in total. The molecule has 0 bridgehead atoms. The van der Waals surface area contributed by atoms with Gasteiger partial charge in [0.05, 0.1) is 11.4 Å². The quantitative estimate of drug-likeness (QED) is 0.207. The summed E-state index contributed by atoms with van der Waals surface area (Å²) < 4.78 is 0. The fourth-order valence-electron chi connectivity index (χ4n) is 0.779. The van der Waals surface area contributed by atoms with Gasteiger partial charge in [-0.15, -0.1) is 0 Å². The highest BCUT2D eigenvalue weighted by Gasteiger charge is 2.01. The lowest BCUT2D eigenvalue weighted by atomic mass is 10.3. The molecule has 1 amide bonds. The van der Waals surface area contributed by atoms with Gasteiger partial charge in [0.25, 0.3) is 0 Å². The molecule has 0 saturated carbocycles. The molecular weight excluding hydrogens is 142 g/mol. The highest BCUT2D eigenvalue weighted by atomic mass is 16.1. The smallest absolute Gasteiger partial charge is 0.228 e. The monoisotopic (exact) mass is 151 g/mol. The normalized spacial score (nSPS) is 9.18. The molecule has 4 nitrogen and oxygen atoms in total. The van der Waals surface area contributed by atoms with Crippen LogP contribution in [0.15, 0.2) is 24.3 Å². The van der Waals surface area contributed by atoms with E-state index in [9.17, 15) is 4.79 Å². The summed E-state index contributed by atoms with van der Waals surface area (Å²) in [4.78, 5) is 10.2. The van der Waals surface area contributed by atoms with Crippen LogP contribution in [0.1, 0.15) is 0 Å². The third-order valence-corrected chi connectivity index (χ3v) is 1.33. The van der Waals surface area contributed by atoms with Gasteiger partial charge >= 0.3 is 0 Å². The summed E-state index contributed by atoms with van der Waals surface area (Å²) in [5.41, 5.74) is 6.52. The average molecular weight is 151 g/mol. The Balaban J connectivity index is 3.02. The molecule has 0 atom stereocenters. The molecule has 0 aliphatic rings. The molecule has 0 spiro atoms. The Labute approximate surface area is 64.4 Å². The highest BCUT2D eigenvalue weighted by Crippen LogP contribution is 2.17. The van der Waals surface area contributed by atoms with Crippen molar-refractivity contribution in [3.8, 4) is 0 Å². The summed E-state index contributed by atoms with van der Waals surface area (Å²) in [7, 11) is 0. The number of nitrogens with two attached hydrogens (primary N) is 2. The Bertz CT molecular complexity index is 262. The number of amides is 1. The topological polar surface area (TPSA) is 72.3 Å². The van der Waals surface area contributed by atoms with Crippen molar-refractivity contribution in [2.45, 2.75) is 0 Å². The molecule has 0 heterocycles. The average Bonchev–Trinajstić information content (AvgIpc) is 2.04. The molecule has 0 unspecified atom stereocenters. The zero-order chi connectivity index (χ0) is 8.27. The van der Waals surface area contributed by atoms with E-state index < -0.39 is 0 Å². The summed E-state index contributed by atoms with van der Waals surface area (Å²) >= 11 is 0. The molecule has 0 radical (unpaired) electrons. The van der Waals surface area contributed by atoms with Gasteiger partial charge in [-0.1, -0.05) is 12.1 Å². The van der Waals surface area contributed by atoms with Crippen LogP contribution >= 0.6 is 0 Å². The molecule has 0 fully saturated rings. The van der Waals surface area contributed by atoms with Gasteiger partial charge in [0.2, 0.25) is 6.41 Å². The summed E-state index contributed by atoms with van der Waals surface area (Å²) in [6, 6.07) is 6.88. The molecule has 58 valence electrons. The SMILES string of the molecule is Nc1ccccc1N(N)C=O. The summed E-state index contributed by atoms with van der Waals surface area (Å²) in [5.74, 6) is 5.28. The predicted molar refractivity (Wildman–Crippen MR) is 43.6 cm³/mol. The molecule has 1 rings (SSSR count). The Morgan fingerprint density at radius 2 is 2.00 bits per heavy atom. The van der Waals surface area contributed by atoms with Gasteiger partial charge in [-0.2, -0.15) is 0 Å². The zero-order valence-corrected chi connectivity index (χ0v) is 5.90. The Morgan fingerprint density at radius 3 is 2.55 bits per heavy atom. The van der Waals surface area contributed by atoms with Gasteiger partial charge in [0.15, 0.2) is 0 Å². The van der Waals surface area contributed by atoms with Crippen LogP contribution < -0.4 is 16.6 Å². The van der Waals surface area contributed by atoms with Crippen molar-refractivity contribution in [1.82, 2.24) is 0 Å². The predicted octanol–water partition coefficient (Wildman–Crippen LogP) is 0.105. The first-order valence-electron chi connectivity index (χ1n) is 3.09. The van der Waals surface area contributed by atoms with Crippen LogP contribution in [-0.4, -0.2) is 6.41 Å². The van der Waals surface area contributed by atoms with Crippen LogP contribution in [0.2, 0.25) is 0 Å². The number of hydrazine groups is 1. The lowest BCUT2D eigenvalue weighted by Crippen LogP contribution is -2.29. The molecule has 0 aliphatic heterocycles. The number of benzene rings is 1.